The van der Waals surface area contributed by atoms with Crippen LogP contribution in [0.3, 0.4) is 0 Å². The summed E-state index contributed by atoms with van der Waals surface area (Å²) in [5.74, 6) is 0. The number of rotatable bonds is 10. The zero-order valence-corrected chi connectivity index (χ0v) is 37.8. The van der Waals surface area contributed by atoms with Crippen molar-refractivity contribution in [1.29, 1.82) is 0 Å². The molecule has 1 heterocycles. The van der Waals surface area contributed by atoms with Crippen molar-refractivity contribution in [3.8, 4) is 16.8 Å². The second-order valence-electron chi connectivity index (χ2n) is 18.3. The molecule has 0 fully saturated rings. The van der Waals surface area contributed by atoms with Gasteiger partial charge < -0.3 is 9.47 Å². The molecule has 1 aromatic heterocycles. The van der Waals surface area contributed by atoms with E-state index in [9.17, 15) is 0 Å². The highest BCUT2D eigenvalue weighted by molar-refractivity contribution is 6.19. The molecule has 11 aromatic carbocycles. The smallest absolute Gasteiger partial charge is 0.0716 e. The molecule has 2 heteroatoms. The first kappa shape index (κ1) is 39.9. The van der Waals surface area contributed by atoms with Crippen LogP contribution < -0.4 is 4.90 Å². The lowest BCUT2D eigenvalue weighted by Gasteiger charge is -2.36. The van der Waals surface area contributed by atoms with E-state index in [-0.39, 0.29) is 0 Å². The molecule has 1 aliphatic carbocycles. The number of aromatic nitrogens is 1. The first-order valence-electron chi connectivity index (χ1n) is 24.0. The highest BCUT2D eigenvalue weighted by Gasteiger charge is 2.47. The normalized spacial score (nSPS) is 14.1. The van der Waals surface area contributed by atoms with Crippen LogP contribution in [0.15, 0.2) is 255 Å². The van der Waals surface area contributed by atoms with E-state index in [0.29, 0.717) is 0 Å². The fourth-order valence-corrected chi connectivity index (χ4v) is 11.6. The molecule has 2 nitrogen and oxygen atoms in total. The van der Waals surface area contributed by atoms with E-state index in [1.54, 1.807) is 0 Å². The van der Waals surface area contributed by atoms with Crippen molar-refractivity contribution in [2.45, 2.75) is 24.7 Å². The van der Waals surface area contributed by atoms with Crippen LogP contribution in [-0.4, -0.2) is 4.57 Å². The monoisotopic (exact) mass is 868 g/mol. The highest BCUT2D eigenvalue weighted by Crippen LogP contribution is 2.58. The summed E-state index contributed by atoms with van der Waals surface area (Å²) in [5, 5.41) is 7.38. The summed E-state index contributed by atoms with van der Waals surface area (Å²) < 4.78 is 2.48. The fraction of sp³-hybridized carbons (Fsp3) is 0.0606. The SMILES string of the molecule is c1ccc(CCCc2ccccc2C2(c3ccccc3)c3ccccc3-c3ccc(N(c4ccc5ccccc5c4)c4ccc5c6ccc7ccccc7c6n(-c6ccccc6)c5c4)cc32)cc1. The number of hydrogen-bond donors (Lipinski definition) is 0. The number of aryl methyl sites for hydroxylation is 2. The molecule has 1 aliphatic rings. The fourth-order valence-electron chi connectivity index (χ4n) is 11.6. The summed E-state index contributed by atoms with van der Waals surface area (Å²) in [6.45, 7) is 0. The molecule has 1 atom stereocenters. The molecule has 1 unspecified atom stereocenters. The van der Waals surface area contributed by atoms with Gasteiger partial charge >= 0.3 is 0 Å². The van der Waals surface area contributed by atoms with Crippen LogP contribution in [0.1, 0.15) is 39.8 Å². The maximum Gasteiger partial charge on any atom is 0.0716 e. The zero-order valence-electron chi connectivity index (χ0n) is 37.8. The van der Waals surface area contributed by atoms with Gasteiger partial charge in [0.05, 0.1) is 16.4 Å². The lowest BCUT2D eigenvalue weighted by Crippen LogP contribution is -2.30. The minimum atomic E-state index is -0.563. The van der Waals surface area contributed by atoms with Crippen LogP contribution in [-0.2, 0) is 18.3 Å². The van der Waals surface area contributed by atoms with Crippen LogP contribution in [0.4, 0.5) is 17.1 Å². The van der Waals surface area contributed by atoms with Crippen LogP contribution >= 0.6 is 0 Å². The molecule has 0 saturated heterocycles. The van der Waals surface area contributed by atoms with Crippen LogP contribution in [0.2, 0.25) is 0 Å². The molecule has 0 spiro atoms. The first-order valence-corrected chi connectivity index (χ1v) is 24.0. The Bertz CT molecular complexity index is 3830. The van der Waals surface area contributed by atoms with Crippen LogP contribution in [0.25, 0.3) is 60.2 Å². The summed E-state index contributed by atoms with van der Waals surface area (Å²) in [5.41, 5.74) is 16.9. The summed E-state index contributed by atoms with van der Waals surface area (Å²) >= 11 is 0. The third-order valence-electron chi connectivity index (χ3n) is 14.6. The number of hydrogen-bond acceptors (Lipinski definition) is 1. The summed E-state index contributed by atoms with van der Waals surface area (Å²) in [7, 11) is 0. The Morgan fingerprint density at radius 2 is 0.956 bits per heavy atom. The summed E-state index contributed by atoms with van der Waals surface area (Å²) in [4.78, 5) is 2.49. The molecule has 0 saturated carbocycles. The van der Waals surface area contributed by atoms with Crippen molar-refractivity contribution in [2.24, 2.45) is 0 Å². The molecule has 0 N–H and O–H groups in total. The van der Waals surface area contributed by atoms with Gasteiger partial charge in [-0.2, -0.15) is 0 Å². The highest BCUT2D eigenvalue weighted by atomic mass is 15.1. The van der Waals surface area contributed by atoms with Crippen molar-refractivity contribution in [1.82, 2.24) is 4.57 Å². The van der Waals surface area contributed by atoms with Crippen molar-refractivity contribution < 1.29 is 0 Å². The van der Waals surface area contributed by atoms with Crippen molar-refractivity contribution in [3.05, 3.63) is 288 Å². The number of fused-ring (bicyclic) bond motifs is 9. The Labute approximate surface area is 397 Å². The lowest BCUT2D eigenvalue weighted by atomic mass is 9.66. The third kappa shape index (κ3) is 6.40. The molecule has 0 radical (unpaired) electrons. The molecule has 12 aromatic rings. The van der Waals surface area contributed by atoms with E-state index < -0.39 is 5.41 Å². The van der Waals surface area contributed by atoms with Crippen LogP contribution in [0.5, 0.6) is 0 Å². The largest absolute Gasteiger partial charge is 0.310 e. The van der Waals surface area contributed by atoms with Crippen molar-refractivity contribution in [2.75, 3.05) is 4.90 Å². The lowest BCUT2D eigenvalue weighted by molar-refractivity contribution is 0.734. The second-order valence-corrected chi connectivity index (χ2v) is 18.3. The second kappa shape index (κ2) is 16.5. The Morgan fingerprint density at radius 1 is 0.368 bits per heavy atom. The Balaban J connectivity index is 1.06. The maximum atomic E-state index is 2.52. The van der Waals surface area contributed by atoms with Gasteiger partial charge in [-0.3, -0.25) is 0 Å². The van der Waals surface area contributed by atoms with Gasteiger partial charge in [0.1, 0.15) is 0 Å². The predicted molar refractivity (Wildman–Crippen MR) is 286 cm³/mol. The molecule has 13 rings (SSSR count). The Hall–Kier alpha value is -8.46. The van der Waals surface area contributed by atoms with E-state index in [1.807, 2.05) is 0 Å². The summed E-state index contributed by atoms with van der Waals surface area (Å²) in [6, 6.07) is 94.8. The molecule has 0 amide bonds. The average Bonchev–Trinajstić information content (AvgIpc) is 3.90. The Kier molecular flexibility index (Phi) is 9.65. The maximum absolute atomic E-state index is 2.52. The summed E-state index contributed by atoms with van der Waals surface area (Å²) in [6.07, 6.45) is 3.08. The average molecular weight is 869 g/mol. The Morgan fingerprint density at radius 3 is 1.79 bits per heavy atom. The topological polar surface area (TPSA) is 8.17 Å². The molecule has 0 aliphatic heterocycles. The van der Waals surface area contributed by atoms with Gasteiger partial charge in [-0.05, 0) is 128 Å². The minimum Gasteiger partial charge on any atom is -0.310 e. The van der Waals surface area contributed by atoms with Gasteiger partial charge in [-0.15, -0.1) is 0 Å². The predicted octanol–water partition coefficient (Wildman–Crippen LogP) is 17.1. The third-order valence-corrected chi connectivity index (χ3v) is 14.6. The van der Waals surface area contributed by atoms with Gasteiger partial charge in [0.2, 0.25) is 0 Å². The van der Waals surface area contributed by atoms with Crippen molar-refractivity contribution >= 4 is 60.4 Å². The number of nitrogens with zero attached hydrogens (tertiary/aromatic N) is 2. The standard InChI is InChI=1S/C66H48N2/c1-4-19-46(20-5-1)21-18-26-49-24-13-16-33-61(49)66(51-27-6-2-7-28-51)62-34-17-15-32-57(62)58-41-38-54(44-63(58)66)67(53-37-35-47-22-10-11-25-50(47)43-53)55-39-42-59-60-40-36-48-23-12-14-31-56(48)65(60)68(64(59)45-55)52-29-8-3-9-30-52/h1-17,19-20,22-25,27-45H,18,21,26H2. The molecule has 322 valence electrons. The van der Waals surface area contributed by atoms with E-state index in [0.717, 1.165) is 42.0 Å². The molecule has 68 heavy (non-hydrogen) atoms. The van der Waals surface area contributed by atoms with Gasteiger partial charge in [-0.25, -0.2) is 0 Å². The quantitative estimate of drug-likeness (QED) is 0.133. The van der Waals surface area contributed by atoms with E-state index in [2.05, 4.69) is 264 Å². The zero-order chi connectivity index (χ0) is 45.0. The van der Waals surface area contributed by atoms with E-state index in [4.69, 9.17) is 0 Å². The number of para-hydroxylation sites is 1. The van der Waals surface area contributed by atoms with E-state index >= 15 is 0 Å². The minimum absolute atomic E-state index is 0.563. The molecular formula is C66H48N2. The van der Waals surface area contributed by atoms with Gasteiger partial charge in [-0.1, -0.05) is 206 Å². The van der Waals surface area contributed by atoms with Crippen molar-refractivity contribution in [3.63, 3.8) is 0 Å². The number of anilines is 3. The van der Waals surface area contributed by atoms with Crippen LogP contribution in [0, 0.1) is 0 Å². The van der Waals surface area contributed by atoms with Gasteiger partial charge in [0.15, 0.2) is 0 Å². The molecular weight excluding hydrogens is 821 g/mol. The van der Waals surface area contributed by atoms with Gasteiger partial charge in [0.25, 0.3) is 0 Å². The van der Waals surface area contributed by atoms with Gasteiger partial charge in [0, 0.05) is 38.9 Å². The van der Waals surface area contributed by atoms with E-state index in [1.165, 1.54) is 87.9 Å². The first-order chi connectivity index (χ1) is 33.7. The molecule has 0 bridgehead atoms. The number of benzene rings is 11.